The quantitative estimate of drug-likeness (QED) is 0.211. The Hall–Kier alpha value is -3.37. The third-order valence-electron chi connectivity index (χ3n) is 7.33. The van der Waals surface area contributed by atoms with Crippen LogP contribution in [0.1, 0.15) is 81.0 Å². The third kappa shape index (κ3) is 5.02. The highest BCUT2D eigenvalue weighted by atomic mass is 35.5. The van der Waals surface area contributed by atoms with E-state index in [0.29, 0.717) is 16.3 Å². The number of ketones is 1. The molecule has 1 unspecified atom stereocenters. The minimum Gasteiger partial charge on any atom is -0.507 e. The summed E-state index contributed by atoms with van der Waals surface area (Å²) in [6, 6.07) is 18.3. The Kier molecular flexibility index (Phi) is 7.09. The van der Waals surface area contributed by atoms with Gasteiger partial charge in [-0.15, -0.1) is 0 Å². The summed E-state index contributed by atoms with van der Waals surface area (Å²) in [4.78, 5) is 28.8. The molecular weight excluding hydrogens is 494 g/mol. The highest BCUT2D eigenvalue weighted by Crippen LogP contribution is 2.44. The van der Waals surface area contributed by atoms with E-state index in [1.165, 1.54) is 4.90 Å². The minimum absolute atomic E-state index is 0.0611. The summed E-state index contributed by atoms with van der Waals surface area (Å²) in [6.45, 7) is 16.5. The second-order valence-corrected chi connectivity index (χ2v) is 12.7. The van der Waals surface area contributed by atoms with Crippen LogP contribution in [0.5, 0.6) is 0 Å². The van der Waals surface area contributed by atoms with Crippen molar-refractivity contribution in [2.75, 3.05) is 4.90 Å². The van der Waals surface area contributed by atoms with Gasteiger partial charge in [0.1, 0.15) is 5.76 Å². The fraction of sp³-hybridized carbons (Fsp3) is 0.333. The Labute approximate surface area is 231 Å². The summed E-state index contributed by atoms with van der Waals surface area (Å²) >= 11 is 6.34. The second kappa shape index (κ2) is 9.74. The predicted molar refractivity (Wildman–Crippen MR) is 156 cm³/mol. The van der Waals surface area contributed by atoms with Gasteiger partial charge in [0.05, 0.1) is 11.6 Å². The molecule has 38 heavy (non-hydrogen) atoms. The standard InChI is InChI=1S/C33H36ClNO3/c1-19-9-13-23(33(6,7)8)17-25(19)29(36)27-28(21-11-14-22(15-12-21)32(3,4)5)35(31(38)30(27)37)26-18-24(34)16-10-20(26)2/h9-18,28,36H,1-8H3/b29-27+. The maximum Gasteiger partial charge on any atom is 0.300 e. The van der Waals surface area contributed by atoms with Gasteiger partial charge in [-0.1, -0.05) is 95.6 Å². The lowest BCUT2D eigenvalue weighted by Gasteiger charge is -2.28. The predicted octanol–water partition coefficient (Wildman–Crippen LogP) is 8.18. The van der Waals surface area contributed by atoms with Crippen LogP contribution in [0.25, 0.3) is 5.76 Å². The van der Waals surface area contributed by atoms with Crippen LogP contribution in [0.15, 0.2) is 66.2 Å². The molecule has 1 atom stereocenters. The Balaban J connectivity index is 2.00. The number of carbonyl (C=O) groups excluding carboxylic acids is 2. The number of Topliss-reactive ketones (excluding diaryl/α,β-unsaturated/α-hetero) is 1. The molecule has 198 valence electrons. The van der Waals surface area contributed by atoms with Crippen molar-refractivity contribution in [2.45, 2.75) is 72.3 Å². The molecule has 0 bridgehead atoms. The van der Waals surface area contributed by atoms with Gasteiger partial charge >= 0.3 is 0 Å². The molecule has 1 N–H and O–H groups in total. The van der Waals surface area contributed by atoms with Gasteiger partial charge in [0.2, 0.25) is 0 Å². The molecule has 1 amide bonds. The monoisotopic (exact) mass is 529 g/mol. The number of aliphatic hydroxyl groups is 1. The number of halogens is 1. The Morgan fingerprint density at radius 2 is 1.34 bits per heavy atom. The first-order valence-electron chi connectivity index (χ1n) is 12.9. The molecule has 0 aliphatic carbocycles. The first kappa shape index (κ1) is 27.7. The van der Waals surface area contributed by atoms with E-state index in [9.17, 15) is 14.7 Å². The van der Waals surface area contributed by atoms with Gasteiger partial charge in [-0.25, -0.2) is 0 Å². The van der Waals surface area contributed by atoms with Crippen LogP contribution in [-0.4, -0.2) is 16.8 Å². The first-order chi connectivity index (χ1) is 17.6. The Morgan fingerprint density at radius 3 is 1.92 bits per heavy atom. The highest BCUT2D eigenvalue weighted by Gasteiger charge is 2.47. The molecule has 1 heterocycles. The number of benzene rings is 3. The van der Waals surface area contributed by atoms with E-state index in [0.717, 1.165) is 27.8 Å². The van der Waals surface area contributed by atoms with Gasteiger partial charge in [0, 0.05) is 16.3 Å². The van der Waals surface area contributed by atoms with Crippen LogP contribution in [0.4, 0.5) is 5.69 Å². The Morgan fingerprint density at radius 1 is 0.789 bits per heavy atom. The van der Waals surface area contributed by atoms with Crippen molar-refractivity contribution in [3.63, 3.8) is 0 Å². The lowest BCUT2D eigenvalue weighted by atomic mass is 9.84. The number of rotatable bonds is 3. The molecule has 5 heteroatoms. The summed E-state index contributed by atoms with van der Waals surface area (Å²) in [5.41, 5.74) is 5.47. The van der Waals surface area contributed by atoms with E-state index < -0.39 is 17.7 Å². The van der Waals surface area contributed by atoms with Gasteiger partial charge in [-0.05, 0) is 70.7 Å². The number of nitrogens with zero attached hydrogens (tertiary/aromatic N) is 1. The molecule has 1 aliphatic heterocycles. The van der Waals surface area contributed by atoms with Crippen LogP contribution >= 0.6 is 11.6 Å². The molecule has 4 rings (SSSR count). The summed E-state index contributed by atoms with van der Waals surface area (Å²) in [5.74, 6) is -1.57. The maximum atomic E-state index is 13.7. The molecule has 3 aromatic rings. The van der Waals surface area contributed by atoms with E-state index in [2.05, 4.69) is 41.5 Å². The normalized spacial score (nSPS) is 17.8. The lowest BCUT2D eigenvalue weighted by molar-refractivity contribution is -0.132. The molecule has 0 spiro atoms. The number of anilines is 1. The van der Waals surface area contributed by atoms with Crippen LogP contribution in [0.2, 0.25) is 5.02 Å². The van der Waals surface area contributed by atoms with E-state index in [1.807, 2.05) is 62.4 Å². The van der Waals surface area contributed by atoms with Gasteiger partial charge in [-0.3, -0.25) is 14.5 Å². The van der Waals surface area contributed by atoms with E-state index >= 15 is 0 Å². The van der Waals surface area contributed by atoms with Crippen molar-refractivity contribution < 1.29 is 14.7 Å². The van der Waals surface area contributed by atoms with Crippen LogP contribution in [0.3, 0.4) is 0 Å². The SMILES string of the molecule is Cc1ccc(C(C)(C)C)cc1/C(O)=C1\C(=O)C(=O)N(c2cc(Cl)ccc2C)C1c1ccc(C(C)(C)C)cc1. The lowest BCUT2D eigenvalue weighted by Crippen LogP contribution is -2.30. The molecule has 0 aromatic heterocycles. The van der Waals surface area contributed by atoms with E-state index in [4.69, 9.17) is 11.6 Å². The van der Waals surface area contributed by atoms with Crippen molar-refractivity contribution in [3.8, 4) is 0 Å². The van der Waals surface area contributed by atoms with Gasteiger partial charge in [0.15, 0.2) is 0 Å². The number of aliphatic hydroxyl groups excluding tert-OH is 1. The fourth-order valence-corrected chi connectivity index (χ4v) is 5.06. The van der Waals surface area contributed by atoms with Crippen molar-refractivity contribution in [1.29, 1.82) is 0 Å². The maximum absolute atomic E-state index is 13.7. The molecule has 3 aromatic carbocycles. The van der Waals surface area contributed by atoms with E-state index in [-0.39, 0.29) is 22.2 Å². The minimum atomic E-state index is -0.807. The van der Waals surface area contributed by atoms with E-state index in [1.54, 1.807) is 12.1 Å². The summed E-state index contributed by atoms with van der Waals surface area (Å²) < 4.78 is 0. The van der Waals surface area contributed by atoms with Crippen molar-refractivity contribution in [3.05, 3.63) is 105 Å². The fourth-order valence-electron chi connectivity index (χ4n) is 4.89. The molecule has 0 saturated carbocycles. The van der Waals surface area contributed by atoms with Crippen molar-refractivity contribution >= 4 is 34.7 Å². The first-order valence-corrected chi connectivity index (χ1v) is 13.3. The Bertz CT molecular complexity index is 1450. The average molecular weight is 530 g/mol. The topological polar surface area (TPSA) is 57.6 Å². The number of aryl methyl sites for hydroxylation is 2. The number of hydrogen-bond acceptors (Lipinski definition) is 3. The van der Waals surface area contributed by atoms with Gasteiger partial charge < -0.3 is 5.11 Å². The zero-order chi connectivity index (χ0) is 28.2. The van der Waals surface area contributed by atoms with Crippen molar-refractivity contribution in [2.24, 2.45) is 0 Å². The van der Waals surface area contributed by atoms with Crippen LogP contribution < -0.4 is 4.90 Å². The number of amides is 1. The summed E-state index contributed by atoms with van der Waals surface area (Å²) in [7, 11) is 0. The van der Waals surface area contributed by atoms with Crippen molar-refractivity contribution in [1.82, 2.24) is 0 Å². The number of hydrogen-bond donors (Lipinski definition) is 1. The molecule has 4 nitrogen and oxygen atoms in total. The number of carbonyl (C=O) groups is 2. The zero-order valence-electron chi connectivity index (χ0n) is 23.4. The smallest absolute Gasteiger partial charge is 0.300 e. The molecule has 1 aliphatic rings. The molecule has 0 radical (unpaired) electrons. The second-order valence-electron chi connectivity index (χ2n) is 12.3. The zero-order valence-corrected chi connectivity index (χ0v) is 24.2. The average Bonchev–Trinajstić information content (AvgIpc) is 3.09. The van der Waals surface area contributed by atoms with Crippen LogP contribution in [-0.2, 0) is 20.4 Å². The van der Waals surface area contributed by atoms with Gasteiger partial charge in [0.25, 0.3) is 11.7 Å². The highest BCUT2D eigenvalue weighted by molar-refractivity contribution is 6.52. The van der Waals surface area contributed by atoms with Gasteiger partial charge in [-0.2, -0.15) is 0 Å². The van der Waals surface area contributed by atoms with Crippen LogP contribution in [0, 0.1) is 13.8 Å². The molecule has 1 fully saturated rings. The molecular formula is C33H36ClNO3. The summed E-state index contributed by atoms with van der Waals surface area (Å²) in [5, 5.41) is 12.2. The summed E-state index contributed by atoms with van der Waals surface area (Å²) in [6.07, 6.45) is 0. The third-order valence-corrected chi connectivity index (χ3v) is 7.56. The molecule has 1 saturated heterocycles. The largest absolute Gasteiger partial charge is 0.507 e.